The maximum absolute atomic E-state index is 13.3. The van der Waals surface area contributed by atoms with Crippen LogP contribution in [0.3, 0.4) is 0 Å². The molecule has 0 unspecified atom stereocenters. The molecular weight excluding hydrogens is 458 g/mol. The Morgan fingerprint density at radius 2 is 1.81 bits per heavy atom. The molecule has 0 N–H and O–H groups in total. The summed E-state index contributed by atoms with van der Waals surface area (Å²) in [6, 6.07) is 10.5. The van der Waals surface area contributed by atoms with Gasteiger partial charge in [-0.25, -0.2) is 4.79 Å². The normalized spacial score (nSPS) is 26.7. The van der Waals surface area contributed by atoms with Crippen molar-refractivity contribution >= 4 is 12.1 Å². The Hall–Kier alpha value is -2.90. The second-order valence-corrected chi connectivity index (χ2v) is 11.7. The van der Waals surface area contributed by atoms with Crippen LogP contribution < -0.4 is 0 Å². The third kappa shape index (κ3) is 5.27. The van der Waals surface area contributed by atoms with Gasteiger partial charge in [-0.15, -0.1) is 0 Å². The number of carbonyl (C=O) groups excluding carboxylic acids is 2. The molecule has 1 heterocycles. The van der Waals surface area contributed by atoms with Crippen LogP contribution in [0, 0.1) is 5.92 Å². The SMILES string of the molecule is COC(=O)C1CCC(c2nc(C3(CN(C(=O)OC(C)(C)C)[C@H]4C[C@@H]4c4ccccc4)CC3)no2)CC1. The molecule has 36 heavy (non-hydrogen) atoms. The van der Waals surface area contributed by atoms with Gasteiger partial charge in [0.25, 0.3) is 0 Å². The molecule has 3 fully saturated rings. The summed E-state index contributed by atoms with van der Waals surface area (Å²) in [4.78, 5) is 31.9. The molecule has 3 aliphatic rings. The molecule has 0 aliphatic heterocycles. The molecule has 1 aromatic carbocycles. The smallest absolute Gasteiger partial charge is 0.410 e. The Balaban J connectivity index is 1.29. The largest absolute Gasteiger partial charge is 0.469 e. The number of nitrogens with zero attached hydrogens (tertiary/aromatic N) is 3. The molecule has 5 rings (SSSR count). The highest BCUT2D eigenvalue weighted by Crippen LogP contribution is 2.52. The number of carbonyl (C=O) groups is 2. The Morgan fingerprint density at radius 3 is 2.42 bits per heavy atom. The fraction of sp³-hybridized carbons (Fsp3) is 0.643. The zero-order chi connectivity index (χ0) is 25.5. The van der Waals surface area contributed by atoms with Crippen LogP contribution >= 0.6 is 0 Å². The lowest BCUT2D eigenvalue weighted by Gasteiger charge is -2.30. The van der Waals surface area contributed by atoms with Crippen molar-refractivity contribution in [3.63, 3.8) is 0 Å². The zero-order valence-corrected chi connectivity index (χ0v) is 21.7. The summed E-state index contributed by atoms with van der Waals surface area (Å²) < 4.78 is 16.5. The maximum Gasteiger partial charge on any atom is 0.410 e. The maximum atomic E-state index is 13.3. The molecule has 0 spiro atoms. The Morgan fingerprint density at radius 1 is 1.11 bits per heavy atom. The van der Waals surface area contributed by atoms with Gasteiger partial charge in [0.1, 0.15) is 5.60 Å². The van der Waals surface area contributed by atoms with Crippen LogP contribution in [0.1, 0.15) is 94.8 Å². The quantitative estimate of drug-likeness (QED) is 0.478. The first-order valence-corrected chi connectivity index (χ1v) is 13.2. The molecule has 3 saturated carbocycles. The summed E-state index contributed by atoms with van der Waals surface area (Å²) in [5.74, 6) is 1.65. The minimum Gasteiger partial charge on any atom is -0.469 e. The van der Waals surface area contributed by atoms with Crippen molar-refractivity contribution in [2.45, 2.75) is 94.6 Å². The highest BCUT2D eigenvalue weighted by atomic mass is 16.6. The van der Waals surface area contributed by atoms with Gasteiger partial charge in [0.15, 0.2) is 5.82 Å². The third-order valence-corrected chi connectivity index (χ3v) is 7.87. The van der Waals surface area contributed by atoms with Gasteiger partial charge in [0, 0.05) is 24.4 Å². The number of hydrogen-bond acceptors (Lipinski definition) is 7. The van der Waals surface area contributed by atoms with Crippen LogP contribution in [0.15, 0.2) is 34.9 Å². The Labute approximate surface area is 212 Å². The number of hydrogen-bond donors (Lipinski definition) is 0. The molecule has 2 aromatic rings. The van der Waals surface area contributed by atoms with E-state index in [1.54, 1.807) is 0 Å². The summed E-state index contributed by atoms with van der Waals surface area (Å²) in [5, 5.41) is 4.38. The van der Waals surface area contributed by atoms with Crippen LogP contribution in [0.5, 0.6) is 0 Å². The van der Waals surface area contributed by atoms with Crippen molar-refractivity contribution in [1.29, 1.82) is 0 Å². The molecular formula is C28H37N3O5. The van der Waals surface area contributed by atoms with Gasteiger partial charge in [-0.05, 0) is 71.3 Å². The number of esters is 1. The predicted molar refractivity (Wildman–Crippen MR) is 132 cm³/mol. The van der Waals surface area contributed by atoms with Crippen molar-refractivity contribution in [3.05, 3.63) is 47.6 Å². The summed E-state index contributed by atoms with van der Waals surface area (Å²) in [6.07, 6.45) is 5.71. The molecule has 194 valence electrons. The first-order valence-electron chi connectivity index (χ1n) is 13.2. The fourth-order valence-electron chi connectivity index (χ4n) is 5.51. The first kappa shape index (κ1) is 24.8. The number of ether oxygens (including phenoxy) is 2. The second kappa shape index (κ2) is 9.52. The van der Waals surface area contributed by atoms with Crippen LogP contribution in [-0.2, 0) is 19.7 Å². The molecule has 3 aliphatic carbocycles. The number of methoxy groups -OCH3 is 1. The second-order valence-electron chi connectivity index (χ2n) is 11.7. The van der Waals surface area contributed by atoms with E-state index in [2.05, 4.69) is 17.3 Å². The Kier molecular flexibility index (Phi) is 6.55. The summed E-state index contributed by atoms with van der Waals surface area (Å²) >= 11 is 0. The lowest BCUT2D eigenvalue weighted by Crippen LogP contribution is -2.43. The van der Waals surface area contributed by atoms with Crippen LogP contribution in [0.25, 0.3) is 0 Å². The van der Waals surface area contributed by atoms with E-state index in [4.69, 9.17) is 19.0 Å². The van der Waals surface area contributed by atoms with Crippen molar-refractivity contribution in [3.8, 4) is 0 Å². The lowest BCUT2D eigenvalue weighted by atomic mass is 9.82. The highest BCUT2D eigenvalue weighted by molar-refractivity contribution is 5.72. The topological polar surface area (TPSA) is 94.8 Å². The van der Waals surface area contributed by atoms with Crippen molar-refractivity contribution in [1.82, 2.24) is 15.0 Å². The highest BCUT2D eigenvalue weighted by Gasteiger charge is 2.55. The van der Waals surface area contributed by atoms with Gasteiger partial charge in [-0.2, -0.15) is 4.98 Å². The van der Waals surface area contributed by atoms with Crippen molar-refractivity contribution in [2.24, 2.45) is 5.92 Å². The number of rotatable bonds is 7. The summed E-state index contributed by atoms with van der Waals surface area (Å²) in [7, 11) is 1.44. The van der Waals surface area contributed by atoms with Gasteiger partial charge in [0.2, 0.25) is 5.89 Å². The molecule has 1 amide bonds. The van der Waals surface area contributed by atoms with Crippen LogP contribution in [0.4, 0.5) is 4.79 Å². The monoisotopic (exact) mass is 495 g/mol. The third-order valence-electron chi connectivity index (χ3n) is 7.87. The summed E-state index contributed by atoms with van der Waals surface area (Å²) in [6.45, 7) is 6.23. The summed E-state index contributed by atoms with van der Waals surface area (Å²) in [5.41, 5.74) is 0.405. The van der Waals surface area contributed by atoms with E-state index in [1.165, 1.54) is 12.7 Å². The minimum atomic E-state index is -0.564. The van der Waals surface area contributed by atoms with E-state index < -0.39 is 5.60 Å². The molecule has 8 heteroatoms. The standard InChI is InChI=1S/C28H37N3O5/c1-27(2,3)35-26(33)31(22-16-21(22)18-8-6-5-7-9-18)17-28(14-15-28)25-29-23(36-30-25)19-10-12-20(13-11-19)24(32)34-4/h5-9,19-22H,10-17H2,1-4H3/t19?,20?,21-,22+/m1/s1. The lowest BCUT2D eigenvalue weighted by molar-refractivity contribution is -0.146. The van der Waals surface area contributed by atoms with Gasteiger partial charge in [0.05, 0.1) is 18.4 Å². The van der Waals surface area contributed by atoms with E-state index in [0.29, 0.717) is 24.2 Å². The minimum absolute atomic E-state index is 0.0399. The Bertz CT molecular complexity index is 1080. The predicted octanol–water partition coefficient (Wildman–Crippen LogP) is 5.34. The van der Waals surface area contributed by atoms with Gasteiger partial charge in [-0.1, -0.05) is 35.5 Å². The average Bonchev–Trinajstić information content (AvgIpc) is 3.78. The molecule has 1 aromatic heterocycles. The van der Waals surface area contributed by atoms with Crippen molar-refractivity contribution < 1.29 is 23.6 Å². The van der Waals surface area contributed by atoms with Gasteiger partial charge >= 0.3 is 12.1 Å². The van der Waals surface area contributed by atoms with Crippen LogP contribution in [0.2, 0.25) is 0 Å². The van der Waals surface area contributed by atoms with E-state index in [9.17, 15) is 9.59 Å². The van der Waals surface area contributed by atoms with Gasteiger partial charge < -0.3 is 18.9 Å². The molecule has 2 atom stereocenters. The molecule has 0 bridgehead atoms. The average molecular weight is 496 g/mol. The van der Waals surface area contributed by atoms with E-state index >= 15 is 0 Å². The number of amides is 1. The zero-order valence-electron chi connectivity index (χ0n) is 21.7. The molecule has 0 saturated heterocycles. The molecule has 8 nitrogen and oxygen atoms in total. The van der Waals surface area contributed by atoms with Gasteiger partial charge in [-0.3, -0.25) is 4.79 Å². The first-order chi connectivity index (χ1) is 17.2. The van der Waals surface area contributed by atoms with Crippen LogP contribution in [-0.4, -0.2) is 52.4 Å². The van der Waals surface area contributed by atoms with Crippen molar-refractivity contribution in [2.75, 3.05) is 13.7 Å². The van der Waals surface area contributed by atoms with E-state index in [1.807, 2.05) is 43.9 Å². The fourth-order valence-corrected chi connectivity index (χ4v) is 5.51. The number of benzene rings is 1. The van der Waals surface area contributed by atoms with E-state index in [0.717, 1.165) is 44.9 Å². The number of aromatic nitrogens is 2. The molecule has 0 radical (unpaired) electrons. The van der Waals surface area contributed by atoms with E-state index in [-0.39, 0.29) is 35.4 Å².